The van der Waals surface area contributed by atoms with E-state index in [0.29, 0.717) is 12.8 Å². The Balaban J connectivity index is 2.75. The van der Waals surface area contributed by atoms with Crippen LogP contribution in [0, 0.1) is 0 Å². The van der Waals surface area contributed by atoms with Crippen molar-refractivity contribution in [1.29, 1.82) is 0 Å². The Morgan fingerprint density at radius 3 is 1.59 bits per heavy atom. The van der Waals surface area contributed by atoms with Crippen molar-refractivity contribution >= 4 is 11.9 Å². The molecule has 0 aliphatic carbocycles. The summed E-state index contributed by atoms with van der Waals surface area (Å²) in [5.41, 5.74) is 0. The number of unbranched alkanes of at least 4 members (excludes halogenated alkanes) is 20. The number of aliphatic hydroxyl groups excluding tert-OH is 5. The molecule has 1 amide bonds. The summed E-state index contributed by atoms with van der Waals surface area (Å²) < 4.78 is 17.5. The van der Waals surface area contributed by atoms with E-state index in [-0.39, 0.29) is 19.4 Å². The third-order valence-corrected chi connectivity index (χ3v) is 13.2. The van der Waals surface area contributed by atoms with Crippen molar-refractivity contribution in [1.82, 2.24) is 5.32 Å². The second kappa shape index (κ2) is 51.1. The Kier molecular flexibility index (Phi) is 47.2. The van der Waals surface area contributed by atoms with Crippen molar-refractivity contribution in [2.45, 2.75) is 269 Å². The largest absolute Gasteiger partial charge is 0.454 e. The fourth-order valence-corrected chi connectivity index (χ4v) is 8.56. The predicted molar refractivity (Wildman–Crippen MR) is 310 cm³/mol. The van der Waals surface area contributed by atoms with Gasteiger partial charge in [-0.15, -0.1) is 0 Å². The lowest BCUT2D eigenvalue weighted by Gasteiger charge is -2.41. The summed E-state index contributed by atoms with van der Waals surface area (Å²) in [6, 6.07) is -1.05. The van der Waals surface area contributed by atoms with Gasteiger partial charge >= 0.3 is 5.97 Å². The number of rotatable bonds is 48. The SMILES string of the molecule is CC/C=C\C/C=C\C/C=C\C/C=C\C/C=C\CCCCCCC(O)C(=O)NC(COC1OC(CO)C(O)C(O)C1OC(=O)CCCCCCC\C=C/C=C/C=C/CC)C(O)/C=C/CCCCCCCCCCCCC. The van der Waals surface area contributed by atoms with Crippen molar-refractivity contribution in [3.05, 3.63) is 109 Å². The third-order valence-electron chi connectivity index (χ3n) is 13.2. The Hall–Kier alpha value is -3.68. The Morgan fingerprint density at radius 2 is 1.03 bits per heavy atom. The Bertz CT molecular complexity index is 1630. The first kappa shape index (κ1) is 69.3. The van der Waals surface area contributed by atoms with Crippen molar-refractivity contribution < 1.29 is 49.3 Å². The number of hydrogen-bond acceptors (Lipinski definition) is 10. The predicted octanol–water partition coefficient (Wildman–Crippen LogP) is 13.7. The average Bonchev–Trinajstić information content (AvgIpc) is 3.41. The van der Waals surface area contributed by atoms with Gasteiger partial charge in [0.2, 0.25) is 5.91 Å². The van der Waals surface area contributed by atoms with Gasteiger partial charge in [0.25, 0.3) is 0 Å². The van der Waals surface area contributed by atoms with Gasteiger partial charge in [0.15, 0.2) is 12.4 Å². The van der Waals surface area contributed by atoms with E-state index in [4.69, 9.17) is 14.2 Å². The molecule has 1 aliphatic heterocycles. The molecule has 0 saturated carbocycles. The van der Waals surface area contributed by atoms with Crippen LogP contribution >= 0.6 is 0 Å². The van der Waals surface area contributed by atoms with Gasteiger partial charge in [-0.2, -0.15) is 0 Å². The zero-order valence-electron chi connectivity index (χ0n) is 47.1. The van der Waals surface area contributed by atoms with Crippen LogP contribution in [0.3, 0.4) is 0 Å². The molecule has 428 valence electrons. The molecule has 8 unspecified atom stereocenters. The first-order valence-corrected chi connectivity index (χ1v) is 29.7. The van der Waals surface area contributed by atoms with Gasteiger partial charge in [0.05, 0.1) is 25.4 Å². The lowest BCUT2D eigenvalue weighted by Crippen LogP contribution is -2.61. The molecule has 6 N–H and O–H groups in total. The van der Waals surface area contributed by atoms with E-state index in [0.717, 1.165) is 122 Å². The molecule has 75 heavy (non-hydrogen) atoms. The molecular weight excluding hydrogens is 943 g/mol. The number of nitrogens with one attached hydrogen (secondary N) is 1. The van der Waals surface area contributed by atoms with E-state index in [9.17, 15) is 35.1 Å². The van der Waals surface area contributed by atoms with Crippen molar-refractivity contribution in [3.63, 3.8) is 0 Å². The van der Waals surface area contributed by atoms with Crippen molar-refractivity contribution in [3.8, 4) is 0 Å². The molecule has 11 heteroatoms. The zero-order valence-corrected chi connectivity index (χ0v) is 47.1. The highest BCUT2D eigenvalue weighted by Crippen LogP contribution is 2.26. The summed E-state index contributed by atoms with van der Waals surface area (Å²) in [5, 5.41) is 56.9. The molecule has 1 heterocycles. The number of carbonyl (C=O) groups excluding carboxylic acids is 2. The molecule has 1 saturated heterocycles. The Labute approximate surface area is 456 Å². The molecule has 8 atom stereocenters. The number of hydrogen-bond donors (Lipinski definition) is 6. The third kappa shape index (κ3) is 39.4. The quantitative estimate of drug-likeness (QED) is 0.0149. The fourth-order valence-electron chi connectivity index (χ4n) is 8.56. The van der Waals surface area contributed by atoms with Gasteiger partial charge in [0.1, 0.15) is 24.4 Å². The number of ether oxygens (including phenoxy) is 3. The summed E-state index contributed by atoms with van der Waals surface area (Å²) in [4.78, 5) is 26.5. The molecule has 1 aliphatic rings. The van der Waals surface area contributed by atoms with E-state index in [1.807, 2.05) is 24.3 Å². The number of esters is 1. The second-order valence-electron chi connectivity index (χ2n) is 20.0. The molecule has 1 rings (SSSR count). The topological polar surface area (TPSA) is 175 Å². The average molecular weight is 1050 g/mol. The normalized spacial score (nSPS) is 20.0. The number of amides is 1. The highest BCUT2D eigenvalue weighted by atomic mass is 16.7. The van der Waals surface area contributed by atoms with Gasteiger partial charge in [-0.05, 0) is 89.9 Å². The van der Waals surface area contributed by atoms with Gasteiger partial charge in [-0.1, -0.05) is 233 Å². The van der Waals surface area contributed by atoms with E-state index < -0.39 is 67.4 Å². The number of carbonyl (C=O) groups is 2. The lowest BCUT2D eigenvalue weighted by atomic mass is 9.99. The minimum absolute atomic E-state index is 0.0922. The lowest BCUT2D eigenvalue weighted by molar-refractivity contribution is -0.305. The monoisotopic (exact) mass is 1050 g/mol. The van der Waals surface area contributed by atoms with Gasteiger partial charge in [-0.3, -0.25) is 9.59 Å². The minimum Gasteiger partial charge on any atom is -0.454 e. The highest BCUT2D eigenvalue weighted by molar-refractivity contribution is 5.80. The van der Waals surface area contributed by atoms with Crippen LogP contribution < -0.4 is 5.32 Å². The maximum atomic E-state index is 13.4. The summed E-state index contributed by atoms with van der Waals surface area (Å²) in [6.45, 7) is 5.50. The maximum absolute atomic E-state index is 13.4. The molecular formula is C64H107NO10. The summed E-state index contributed by atoms with van der Waals surface area (Å²) >= 11 is 0. The van der Waals surface area contributed by atoms with Gasteiger partial charge < -0.3 is 45.1 Å². The first-order valence-electron chi connectivity index (χ1n) is 29.7. The van der Waals surface area contributed by atoms with Crippen LogP contribution in [0.15, 0.2) is 109 Å². The second-order valence-corrected chi connectivity index (χ2v) is 20.0. The van der Waals surface area contributed by atoms with E-state index in [2.05, 4.69) is 105 Å². The van der Waals surface area contributed by atoms with Crippen LogP contribution in [-0.2, 0) is 23.8 Å². The maximum Gasteiger partial charge on any atom is 0.306 e. The highest BCUT2D eigenvalue weighted by Gasteiger charge is 2.47. The molecule has 0 aromatic heterocycles. The summed E-state index contributed by atoms with van der Waals surface area (Å²) in [6.07, 6.45) is 58.4. The van der Waals surface area contributed by atoms with Crippen LogP contribution in [0.25, 0.3) is 0 Å². The van der Waals surface area contributed by atoms with E-state index in [1.54, 1.807) is 6.08 Å². The number of allylic oxidation sites excluding steroid dienone is 17. The van der Waals surface area contributed by atoms with Crippen LogP contribution in [0.1, 0.15) is 220 Å². The van der Waals surface area contributed by atoms with Crippen LogP contribution in [0.2, 0.25) is 0 Å². The van der Waals surface area contributed by atoms with Crippen LogP contribution in [0.4, 0.5) is 0 Å². The Morgan fingerprint density at radius 1 is 0.547 bits per heavy atom. The van der Waals surface area contributed by atoms with Gasteiger partial charge in [0, 0.05) is 6.42 Å². The fraction of sp³-hybridized carbons (Fsp3) is 0.688. The van der Waals surface area contributed by atoms with Crippen LogP contribution in [-0.4, -0.2) is 99.6 Å². The molecule has 0 bridgehead atoms. The van der Waals surface area contributed by atoms with Crippen molar-refractivity contribution in [2.75, 3.05) is 13.2 Å². The summed E-state index contributed by atoms with van der Waals surface area (Å²) in [5.74, 6) is -1.24. The molecule has 0 radical (unpaired) electrons. The van der Waals surface area contributed by atoms with E-state index >= 15 is 0 Å². The first-order chi connectivity index (χ1) is 36.7. The molecule has 0 aromatic rings. The van der Waals surface area contributed by atoms with Crippen molar-refractivity contribution in [2.24, 2.45) is 0 Å². The summed E-state index contributed by atoms with van der Waals surface area (Å²) in [7, 11) is 0. The molecule has 11 nitrogen and oxygen atoms in total. The van der Waals surface area contributed by atoms with Gasteiger partial charge in [-0.25, -0.2) is 0 Å². The minimum atomic E-state index is -1.63. The zero-order chi connectivity index (χ0) is 54.7. The van der Waals surface area contributed by atoms with E-state index in [1.165, 1.54) is 51.4 Å². The molecule has 0 spiro atoms. The standard InChI is InChI=1S/C64H107NO10/c1-4-7-10-13-16-19-22-25-26-27-28-29-30-31-34-36-39-42-45-48-51-57(68)63(72)65-55(56(67)50-47-44-41-38-35-32-23-20-17-14-11-8-5-2)54-73-64-62(61(71)60(70)58(53-66)74-64)75-59(69)52-49-46-43-40-37-33-24-21-18-15-12-9-6-3/h7,9-10,12,15-16,18-19,21,24-26,28-29,31,34,47,50,55-58,60-62,64,66-68,70-71H,4-6,8,11,13-14,17,20,22-23,27,30,32-33,35-46,48-49,51-54H2,1-3H3,(H,65,72)/b10-7-,12-9+,18-15+,19-16-,24-21-,26-25-,29-28-,34-31-,50-47+. The number of aliphatic hydroxyl groups is 5. The molecule has 1 fully saturated rings. The van der Waals surface area contributed by atoms with Crippen LogP contribution in [0.5, 0.6) is 0 Å². The molecule has 0 aromatic carbocycles. The smallest absolute Gasteiger partial charge is 0.306 e.